The van der Waals surface area contributed by atoms with Crippen LogP contribution in [0.25, 0.3) is 0 Å². The van der Waals surface area contributed by atoms with Gasteiger partial charge in [-0.05, 0) is 37.0 Å². The van der Waals surface area contributed by atoms with Crippen molar-refractivity contribution in [3.63, 3.8) is 0 Å². The lowest BCUT2D eigenvalue weighted by molar-refractivity contribution is 0.263. The second-order valence-corrected chi connectivity index (χ2v) is 6.36. The molecule has 1 atom stereocenters. The lowest BCUT2D eigenvalue weighted by Crippen LogP contribution is -2.29. The first kappa shape index (κ1) is 15.9. The molecule has 0 saturated heterocycles. The summed E-state index contributed by atoms with van der Waals surface area (Å²) in [5, 5.41) is 8.80. The predicted molar refractivity (Wildman–Crippen MR) is 73.8 cm³/mol. The molecular weight excluding hydrogens is 266 g/mol. The van der Waals surface area contributed by atoms with Crippen LogP contribution in [0.15, 0.2) is 23.1 Å². The van der Waals surface area contributed by atoms with Crippen molar-refractivity contribution >= 4 is 10.0 Å². The van der Waals surface area contributed by atoms with E-state index < -0.39 is 10.0 Å². The third kappa shape index (κ3) is 4.49. The molecule has 0 amide bonds. The number of benzene rings is 1. The molecule has 0 aliphatic rings. The standard InChI is InChI=1S/C13H21NO4S/c1-10-4-5-12(18-3)13(8-10)19(16,17)14-9-11(2)6-7-15/h4-5,8,11,14-15H,6-7,9H2,1-3H3. The molecule has 0 aliphatic heterocycles. The number of hydrogen-bond donors (Lipinski definition) is 2. The fourth-order valence-corrected chi connectivity index (χ4v) is 3.06. The number of methoxy groups -OCH3 is 1. The molecule has 0 saturated carbocycles. The third-order valence-electron chi connectivity index (χ3n) is 2.85. The molecule has 1 unspecified atom stereocenters. The van der Waals surface area contributed by atoms with E-state index in [1.807, 2.05) is 13.8 Å². The molecule has 0 aromatic heterocycles. The van der Waals surface area contributed by atoms with Crippen molar-refractivity contribution in [2.45, 2.75) is 25.2 Å². The Bertz CT molecular complexity index is 513. The highest BCUT2D eigenvalue weighted by Crippen LogP contribution is 2.24. The number of nitrogens with one attached hydrogen (secondary N) is 1. The predicted octanol–water partition coefficient (Wildman–Crippen LogP) is 1.30. The summed E-state index contributed by atoms with van der Waals surface area (Å²) in [6.45, 7) is 4.05. The zero-order valence-electron chi connectivity index (χ0n) is 11.5. The Morgan fingerprint density at radius 3 is 2.68 bits per heavy atom. The van der Waals surface area contributed by atoms with Gasteiger partial charge in [0.2, 0.25) is 10.0 Å². The number of hydrogen-bond acceptors (Lipinski definition) is 4. The molecule has 108 valence electrons. The Kier molecular flexibility index (Phi) is 5.78. The molecule has 6 heteroatoms. The summed E-state index contributed by atoms with van der Waals surface area (Å²) in [4.78, 5) is 0.145. The number of sulfonamides is 1. The van der Waals surface area contributed by atoms with Crippen LogP contribution in [0.5, 0.6) is 5.75 Å². The highest BCUT2D eigenvalue weighted by atomic mass is 32.2. The van der Waals surface area contributed by atoms with Crippen molar-refractivity contribution in [3.05, 3.63) is 23.8 Å². The lowest BCUT2D eigenvalue weighted by Gasteiger charge is -2.14. The van der Waals surface area contributed by atoms with Gasteiger partial charge in [-0.2, -0.15) is 0 Å². The van der Waals surface area contributed by atoms with Crippen molar-refractivity contribution in [2.75, 3.05) is 20.3 Å². The topological polar surface area (TPSA) is 75.6 Å². The molecule has 0 aliphatic carbocycles. The quantitative estimate of drug-likeness (QED) is 0.792. The number of aryl methyl sites for hydroxylation is 1. The fourth-order valence-electron chi connectivity index (χ4n) is 1.65. The summed E-state index contributed by atoms with van der Waals surface area (Å²) in [6, 6.07) is 5.02. The summed E-state index contributed by atoms with van der Waals surface area (Å²) >= 11 is 0. The van der Waals surface area contributed by atoms with Gasteiger partial charge >= 0.3 is 0 Å². The smallest absolute Gasteiger partial charge is 0.244 e. The Morgan fingerprint density at radius 2 is 2.11 bits per heavy atom. The van der Waals surface area contributed by atoms with Crippen molar-refractivity contribution in [1.82, 2.24) is 4.72 Å². The Morgan fingerprint density at radius 1 is 1.42 bits per heavy atom. The fraction of sp³-hybridized carbons (Fsp3) is 0.538. The van der Waals surface area contributed by atoms with E-state index in [0.717, 1.165) is 5.56 Å². The molecule has 0 bridgehead atoms. The highest BCUT2D eigenvalue weighted by molar-refractivity contribution is 7.89. The Hall–Kier alpha value is -1.11. The van der Waals surface area contributed by atoms with Gasteiger partial charge < -0.3 is 9.84 Å². The Labute approximate surface area is 114 Å². The lowest BCUT2D eigenvalue weighted by atomic mass is 10.1. The van der Waals surface area contributed by atoms with Crippen molar-refractivity contribution in [1.29, 1.82) is 0 Å². The summed E-state index contributed by atoms with van der Waals surface area (Å²) < 4.78 is 32.1. The SMILES string of the molecule is COc1ccc(C)cc1S(=O)(=O)NCC(C)CCO. The van der Waals surface area contributed by atoms with Crippen molar-refractivity contribution < 1.29 is 18.3 Å². The molecular formula is C13H21NO4S. The van der Waals surface area contributed by atoms with E-state index >= 15 is 0 Å². The van der Waals surface area contributed by atoms with Crippen molar-refractivity contribution in [2.24, 2.45) is 5.92 Å². The monoisotopic (exact) mass is 287 g/mol. The maximum absolute atomic E-state index is 12.2. The minimum absolute atomic E-state index is 0.0522. The molecule has 0 spiro atoms. The van der Waals surface area contributed by atoms with Crippen LogP contribution in [0.3, 0.4) is 0 Å². The van der Waals surface area contributed by atoms with Gasteiger partial charge in [0, 0.05) is 13.2 Å². The van der Waals surface area contributed by atoms with Crippen LogP contribution in [0.4, 0.5) is 0 Å². The second kappa shape index (κ2) is 6.88. The molecule has 1 rings (SSSR count). The maximum atomic E-state index is 12.2. The van der Waals surface area contributed by atoms with E-state index in [1.165, 1.54) is 7.11 Å². The van der Waals surface area contributed by atoms with Crippen LogP contribution in [-0.2, 0) is 10.0 Å². The number of aliphatic hydroxyl groups excluding tert-OH is 1. The van der Waals surface area contributed by atoms with Gasteiger partial charge in [-0.25, -0.2) is 13.1 Å². The van der Waals surface area contributed by atoms with E-state index in [2.05, 4.69) is 4.72 Å². The molecule has 5 nitrogen and oxygen atoms in total. The molecule has 1 aromatic carbocycles. The first-order valence-electron chi connectivity index (χ1n) is 6.16. The molecule has 0 radical (unpaired) electrons. The van der Waals surface area contributed by atoms with E-state index in [0.29, 0.717) is 18.7 Å². The molecule has 1 aromatic rings. The minimum Gasteiger partial charge on any atom is -0.495 e. The summed E-state index contributed by atoms with van der Waals surface area (Å²) in [6.07, 6.45) is 0.563. The zero-order valence-corrected chi connectivity index (χ0v) is 12.3. The first-order valence-corrected chi connectivity index (χ1v) is 7.64. The van der Waals surface area contributed by atoms with E-state index in [9.17, 15) is 8.42 Å². The summed E-state index contributed by atoms with van der Waals surface area (Å²) in [5.41, 5.74) is 0.851. The minimum atomic E-state index is -3.60. The summed E-state index contributed by atoms with van der Waals surface area (Å²) in [7, 11) is -2.15. The molecule has 19 heavy (non-hydrogen) atoms. The van der Waals surface area contributed by atoms with Gasteiger partial charge in [0.1, 0.15) is 10.6 Å². The molecule has 2 N–H and O–H groups in total. The molecule has 0 fully saturated rings. The summed E-state index contributed by atoms with van der Waals surface area (Å²) in [5.74, 6) is 0.406. The average Bonchev–Trinajstić information content (AvgIpc) is 2.37. The number of rotatable bonds is 7. The van der Waals surface area contributed by atoms with Gasteiger partial charge in [-0.15, -0.1) is 0 Å². The number of aliphatic hydroxyl groups is 1. The normalized spacial score (nSPS) is 13.3. The Balaban J connectivity index is 2.91. The van der Waals surface area contributed by atoms with Crippen LogP contribution in [-0.4, -0.2) is 33.8 Å². The van der Waals surface area contributed by atoms with Gasteiger partial charge in [-0.3, -0.25) is 0 Å². The first-order chi connectivity index (χ1) is 8.90. The van der Waals surface area contributed by atoms with Crippen LogP contribution in [0.1, 0.15) is 18.9 Å². The van der Waals surface area contributed by atoms with E-state index in [4.69, 9.17) is 9.84 Å². The van der Waals surface area contributed by atoms with Crippen LogP contribution in [0.2, 0.25) is 0 Å². The largest absolute Gasteiger partial charge is 0.495 e. The van der Waals surface area contributed by atoms with Gasteiger partial charge in [-0.1, -0.05) is 13.0 Å². The highest BCUT2D eigenvalue weighted by Gasteiger charge is 2.20. The third-order valence-corrected chi connectivity index (χ3v) is 4.30. The van der Waals surface area contributed by atoms with Gasteiger partial charge in [0.05, 0.1) is 7.11 Å². The zero-order chi connectivity index (χ0) is 14.5. The van der Waals surface area contributed by atoms with Crippen molar-refractivity contribution in [3.8, 4) is 5.75 Å². The average molecular weight is 287 g/mol. The van der Waals surface area contributed by atoms with Crippen LogP contribution in [0, 0.1) is 12.8 Å². The van der Waals surface area contributed by atoms with Gasteiger partial charge in [0.15, 0.2) is 0 Å². The van der Waals surface area contributed by atoms with E-state index in [-0.39, 0.29) is 17.4 Å². The maximum Gasteiger partial charge on any atom is 0.244 e. The van der Waals surface area contributed by atoms with Gasteiger partial charge in [0.25, 0.3) is 0 Å². The van der Waals surface area contributed by atoms with Crippen LogP contribution < -0.4 is 9.46 Å². The number of ether oxygens (including phenoxy) is 1. The second-order valence-electron chi connectivity index (χ2n) is 4.62. The molecule has 0 heterocycles. The van der Waals surface area contributed by atoms with Crippen LogP contribution >= 0.6 is 0 Å². The van der Waals surface area contributed by atoms with E-state index in [1.54, 1.807) is 18.2 Å².